The minimum Gasteiger partial charge on any atom is -0.336 e. The van der Waals surface area contributed by atoms with Crippen LogP contribution in [0.15, 0.2) is 55.1 Å². The van der Waals surface area contributed by atoms with Crippen molar-refractivity contribution in [3.8, 4) is 22.8 Å². The van der Waals surface area contributed by atoms with E-state index < -0.39 is 0 Å². The fraction of sp³-hybridized carbons (Fsp3) is 0.238. The lowest BCUT2D eigenvalue weighted by Gasteiger charge is -2.25. The van der Waals surface area contributed by atoms with Gasteiger partial charge in [-0.15, -0.1) is 10.2 Å². The number of pyridine rings is 1. The second-order valence-corrected chi connectivity index (χ2v) is 7.16. The molecule has 1 radical (unpaired) electrons. The topological polar surface area (TPSA) is 74.3 Å². The van der Waals surface area contributed by atoms with Crippen LogP contribution in [0, 0.1) is 7.05 Å². The Bertz CT molecular complexity index is 1110. The van der Waals surface area contributed by atoms with E-state index in [4.69, 9.17) is 0 Å². The molecule has 0 fully saturated rings. The van der Waals surface area contributed by atoms with E-state index in [1.165, 1.54) is 35.2 Å². The van der Waals surface area contributed by atoms with Gasteiger partial charge >= 0.3 is 0 Å². The third kappa shape index (κ3) is 3.19. The predicted molar refractivity (Wildman–Crippen MR) is 105 cm³/mol. The minimum atomic E-state index is 0.525. The summed E-state index contributed by atoms with van der Waals surface area (Å²) in [6, 6.07) is 12.6. The number of imidazole rings is 1. The van der Waals surface area contributed by atoms with Crippen LogP contribution in [0.1, 0.15) is 29.9 Å². The Morgan fingerprint density at radius 3 is 2.93 bits per heavy atom. The van der Waals surface area contributed by atoms with Crippen molar-refractivity contribution in [2.45, 2.75) is 31.7 Å². The monoisotopic (exact) mass is 370 g/mol. The quantitative estimate of drug-likeness (QED) is 0.551. The molecule has 0 amide bonds. The maximum absolute atomic E-state index is 4.57. The molecule has 1 aromatic carbocycles. The van der Waals surface area contributed by atoms with Crippen molar-refractivity contribution in [3.63, 3.8) is 0 Å². The van der Waals surface area contributed by atoms with Crippen LogP contribution in [0.25, 0.3) is 22.8 Å². The van der Waals surface area contributed by atoms with Gasteiger partial charge in [-0.1, -0.05) is 24.3 Å². The first kappa shape index (κ1) is 16.8. The van der Waals surface area contributed by atoms with Gasteiger partial charge < -0.3 is 4.57 Å². The average molecular weight is 370 g/mol. The van der Waals surface area contributed by atoms with Crippen LogP contribution in [-0.4, -0.2) is 34.7 Å². The molecule has 4 aromatic rings. The fourth-order valence-electron chi connectivity index (χ4n) is 3.96. The number of hydrogen-bond donors (Lipinski definition) is 0. The summed E-state index contributed by atoms with van der Waals surface area (Å²) in [5.74, 6) is 1.06. The smallest absolute Gasteiger partial charge is 0.205 e. The molecule has 1 aliphatic carbocycles. The third-order valence-corrected chi connectivity index (χ3v) is 5.29. The SMILES string of the molecule is [CH2]n1nnc(-c2ccnc(-c3cn(CC4CCCc5ccccc54)cn3)c2)n1. The Kier molecular flexibility index (Phi) is 4.20. The van der Waals surface area contributed by atoms with Gasteiger partial charge in [0.15, 0.2) is 0 Å². The number of fused-ring (bicyclic) bond motifs is 1. The molecule has 7 nitrogen and oxygen atoms in total. The van der Waals surface area contributed by atoms with Crippen LogP contribution >= 0.6 is 0 Å². The summed E-state index contributed by atoms with van der Waals surface area (Å²) in [5, 5.41) is 11.9. The lowest BCUT2D eigenvalue weighted by Crippen LogP contribution is -2.14. The summed E-state index contributed by atoms with van der Waals surface area (Å²) in [6.07, 6.45) is 9.34. The molecule has 139 valence electrons. The summed E-state index contributed by atoms with van der Waals surface area (Å²) < 4.78 is 2.17. The zero-order valence-corrected chi connectivity index (χ0v) is 15.4. The van der Waals surface area contributed by atoms with Gasteiger partial charge in [-0.2, -0.15) is 4.80 Å². The zero-order chi connectivity index (χ0) is 18.9. The molecular weight excluding hydrogens is 350 g/mol. The second kappa shape index (κ2) is 6.99. The van der Waals surface area contributed by atoms with Crippen molar-refractivity contribution >= 4 is 0 Å². The van der Waals surface area contributed by atoms with Crippen molar-refractivity contribution in [1.29, 1.82) is 0 Å². The number of aryl methyl sites for hydroxylation is 1. The highest BCUT2D eigenvalue weighted by molar-refractivity contribution is 5.63. The van der Waals surface area contributed by atoms with Crippen molar-refractivity contribution in [2.24, 2.45) is 0 Å². The van der Waals surface area contributed by atoms with Gasteiger partial charge in [-0.3, -0.25) is 4.98 Å². The van der Waals surface area contributed by atoms with Crippen LogP contribution in [0.5, 0.6) is 0 Å². The standard InChI is InChI=1S/C21H20N7/c1-27-25-21(24-26-27)16-9-10-22-19(11-16)20-13-28(14-23-20)12-17-7-4-6-15-5-2-3-8-18(15)17/h2-3,5,8-11,13-14,17H,1,4,6-7,12H2. The van der Waals surface area contributed by atoms with Crippen LogP contribution in [0.2, 0.25) is 0 Å². The van der Waals surface area contributed by atoms with Crippen LogP contribution in [-0.2, 0) is 13.0 Å². The predicted octanol–water partition coefficient (Wildman–Crippen LogP) is 3.36. The molecule has 7 heteroatoms. The fourth-order valence-corrected chi connectivity index (χ4v) is 3.96. The molecule has 1 atom stereocenters. The molecule has 0 aliphatic heterocycles. The summed E-state index contributed by atoms with van der Waals surface area (Å²) >= 11 is 0. The molecule has 3 heterocycles. The van der Waals surface area contributed by atoms with Gasteiger partial charge in [0.1, 0.15) is 5.69 Å². The molecule has 28 heavy (non-hydrogen) atoms. The van der Waals surface area contributed by atoms with E-state index in [2.05, 4.69) is 67.5 Å². The molecule has 5 rings (SSSR count). The number of rotatable bonds is 4. The van der Waals surface area contributed by atoms with Crippen molar-refractivity contribution < 1.29 is 0 Å². The highest BCUT2D eigenvalue weighted by Crippen LogP contribution is 2.33. The van der Waals surface area contributed by atoms with E-state index in [0.29, 0.717) is 11.7 Å². The Labute approximate surface area is 163 Å². The summed E-state index contributed by atoms with van der Waals surface area (Å²) in [5.41, 5.74) is 5.44. The van der Waals surface area contributed by atoms with Crippen molar-refractivity contribution in [2.75, 3.05) is 0 Å². The lowest BCUT2D eigenvalue weighted by atomic mass is 9.83. The van der Waals surface area contributed by atoms with Crippen molar-refractivity contribution in [3.05, 3.63) is 73.3 Å². The molecule has 0 bridgehead atoms. The molecule has 0 saturated carbocycles. The molecule has 0 N–H and O–H groups in total. The van der Waals surface area contributed by atoms with Gasteiger partial charge in [-0.25, -0.2) is 4.98 Å². The van der Waals surface area contributed by atoms with E-state index in [-0.39, 0.29) is 0 Å². The third-order valence-electron chi connectivity index (χ3n) is 5.29. The lowest BCUT2D eigenvalue weighted by molar-refractivity contribution is 0.483. The van der Waals surface area contributed by atoms with E-state index >= 15 is 0 Å². The summed E-state index contributed by atoms with van der Waals surface area (Å²) in [6.45, 7) is 0.932. The van der Waals surface area contributed by atoms with Gasteiger partial charge in [-0.05, 0) is 47.7 Å². The molecule has 0 spiro atoms. The first-order valence-electron chi connectivity index (χ1n) is 9.43. The molecule has 0 saturated heterocycles. The average Bonchev–Trinajstić information content (AvgIpc) is 3.38. The van der Waals surface area contributed by atoms with Crippen molar-refractivity contribution in [1.82, 2.24) is 34.7 Å². The van der Waals surface area contributed by atoms with E-state index in [1.54, 1.807) is 6.20 Å². The Hall–Kier alpha value is -3.35. The zero-order valence-electron chi connectivity index (χ0n) is 15.4. The van der Waals surface area contributed by atoms with Gasteiger partial charge in [0.2, 0.25) is 5.82 Å². The van der Waals surface area contributed by atoms with E-state index in [9.17, 15) is 0 Å². The van der Waals surface area contributed by atoms with Crippen LogP contribution in [0.4, 0.5) is 0 Å². The highest BCUT2D eigenvalue weighted by Gasteiger charge is 2.20. The highest BCUT2D eigenvalue weighted by atomic mass is 15.6. The molecule has 3 aromatic heterocycles. The van der Waals surface area contributed by atoms with E-state index in [1.807, 2.05) is 18.5 Å². The normalized spacial score (nSPS) is 16.1. The molecule has 1 unspecified atom stereocenters. The van der Waals surface area contributed by atoms with Crippen LogP contribution < -0.4 is 0 Å². The summed E-state index contributed by atoms with van der Waals surface area (Å²) in [7, 11) is 3.62. The number of nitrogens with zero attached hydrogens (tertiary/aromatic N) is 7. The summed E-state index contributed by atoms with van der Waals surface area (Å²) in [4.78, 5) is 10.2. The number of benzene rings is 1. The second-order valence-electron chi connectivity index (χ2n) is 7.16. The maximum Gasteiger partial charge on any atom is 0.205 e. The Morgan fingerprint density at radius 2 is 2.04 bits per heavy atom. The van der Waals surface area contributed by atoms with E-state index in [0.717, 1.165) is 23.5 Å². The Balaban J connectivity index is 1.39. The maximum atomic E-state index is 4.57. The number of hydrogen-bond acceptors (Lipinski definition) is 5. The number of tetrazole rings is 1. The first-order valence-corrected chi connectivity index (χ1v) is 9.43. The molecule has 1 aliphatic rings. The van der Waals surface area contributed by atoms with Crippen LogP contribution in [0.3, 0.4) is 0 Å². The number of aromatic nitrogens is 7. The first-order chi connectivity index (χ1) is 13.8. The largest absolute Gasteiger partial charge is 0.336 e. The van der Waals surface area contributed by atoms with Gasteiger partial charge in [0.25, 0.3) is 0 Å². The molecular formula is C21H20N7. The van der Waals surface area contributed by atoms with Gasteiger partial charge in [0, 0.05) is 30.4 Å². The Morgan fingerprint density at radius 1 is 1.11 bits per heavy atom. The minimum absolute atomic E-state index is 0.525. The van der Waals surface area contributed by atoms with Gasteiger partial charge in [0.05, 0.1) is 19.1 Å².